The van der Waals surface area contributed by atoms with E-state index in [4.69, 9.17) is 0 Å². The summed E-state index contributed by atoms with van der Waals surface area (Å²) in [6.07, 6.45) is 3.41. The van der Waals surface area contributed by atoms with Crippen molar-refractivity contribution in [3.63, 3.8) is 0 Å². The van der Waals surface area contributed by atoms with Gasteiger partial charge in [0.15, 0.2) is 0 Å². The van der Waals surface area contributed by atoms with Gasteiger partial charge in [-0.25, -0.2) is 0 Å². The van der Waals surface area contributed by atoms with Gasteiger partial charge in [0, 0.05) is 35.8 Å². The fraction of sp³-hybridized carbons (Fsp3) is 0.152. The Balaban J connectivity index is 1.32. The molecule has 0 N–H and O–H groups in total. The molecule has 182 valence electrons. The zero-order valence-electron chi connectivity index (χ0n) is 20.8. The van der Waals surface area contributed by atoms with Gasteiger partial charge in [-0.3, -0.25) is 9.59 Å². The fourth-order valence-corrected chi connectivity index (χ4v) is 7.57. The molecule has 2 nitrogen and oxygen atoms in total. The molecule has 0 radical (unpaired) electrons. The summed E-state index contributed by atoms with van der Waals surface area (Å²) in [4.78, 5) is 29.2. The van der Waals surface area contributed by atoms with Crippen molar-refractivity contribution in [2.45, 2.75) is 33.1 Å². The highest BCUT2D eigenvalue weighted by Crippen LogP contribution is 2.48. The lowest BCUT2D eigenvalue weighted by Crippen LogP contribution is -2.14. The van der Waals surface area contributed by atoms with Crippen LogP contribution in [0.4, 0.5) is 0 Å². The first-order chi connectivity index (χ1) is 18.0. The first kappa shape index (κ1) is 23.8. The summed E-state index contributed by atoms with van der Waals surface area (Å²) in [5.74, 6) is -0.945. The van der Waals surface area contributed by atoms with Gasteiger partial charge >= 0.3 is 0 Å². The number of ketones is 2. The normalized spacial score (nSPS) is 13.5. The summed E-state index contributed by atoms with van der Waals surface area (Å²) in [5.41, 5.74) is 7.68. The summed E-state index contributed by atoms with van der Waals surface area (Å²) in [6, 6.07) is 27.3. The van der Waals surface area contributed by atoms with E-state index < -0.39 is 11.6 Å². The van der Waals surface area contributed by atoms with Crippen LogP contribution in [0.15, 0.2) is 84.9 Å². The number of allylic oxidation sites excluding steroid dienone is 2. The van der Waals surface area contributed by atoms with Crippen LogP contribution in [-0.4, -0.2) is 11.6 Å². The molecule has 0 amide bonds. The molecular formula is C33H26O2S2. The van der Waals surface area contributed by atoms with Crippen LogP contribution in [0.25, 0.3) is 31.7 Å². The molecule has 4 heteroatoms. The van der Waals surface area contributed by atoms with Gasteiger partial charge in [0.05, 0.1) is 0 Å². The summed E-state index contributed by atoms with van der Waals surface area (Å²) in [6.45, 7) is 4.46. The van der Waals surface area contributed by atoms with Gasteiger partial charge in [-0.1, -0.05) is 72.8 Å². The summed E-state index contributed by atoms with van der Waals surface area (Å²) >= 11 is 3.69. The third-order valence-electron chi connectivity index (χ3n) is 7.21. The van der Waals surface area contributed by atoms with E-state index in [0.717, 1.165) is 18.4 Å². The molecule has 1 aliphatic carbocycles. The molecule has 0 atom stereocenters. The maximum absolute atomic E-state index is 12.7. The molecule has 2 heterocycles. The quantitative estimate of drug-likeness (QED) is 0.166. The lowest BCUT2D eigenvalue weighted by molar-refractivity contribution is 0.0817. The number of aryl methyl sites for hydroxylation is 2. The van der Waals surface area contributed by atoms with Crippen LogP contribution in [-0.2, 0) is 0 Å². The Bertz CT molecular complexity index is 1680. The lowest BCUT2D eigenvalue weighted by atomic mass is 9.95. The number of hydrogen-bond donors (Lipinski definition) is 0. The number of carbonyl (C=O) groups excluding carboxylic acids is 2. The van der Waals surface area contributed by atoms with Gasteiger partial charge in [0.2, 0.25) is 11.6 Å². The van der Waals surface area contributed by atoms with Crippen LogP contribution in [0, 0.1) is 13.8 Å². The summed E-state index contributed by atoms with van der Waals surface area (Å²) in [5, 5.41) is 1.37. The minimum Gasteiger partial charge on any atom is -0.285 e. The van der Waals surface area contributed by atoms with E-state index in [1.54, 1.807) is 47.7 Å². The fourth-order valence-electron chi connectivity index (χ4n) is 5.42. The maximum Gasteiger partial charge on any atom is 0.233 e. The van der Waals surface area contributed by atoms with Crippen molar-refractivity contribution in [3.8, 4) is 10.4 Å². The number of carbonyl (C=O) groups is 2. The van der Waals surface area contributed by atoms with E-state index in [0.29, 0.717) is 11.1 Å². The van der Waals surface area contributed by atoms with Crippen molar-refractivity contribution in [2.24, 2.45) is 0 Å². The first-order valence-electron chi connectivity index (χ1n) is 12.6. The second kappa shape index (κ2) is 9.70. The van der Waals surface area contributed by atoms with E-state index >= 15 is 0 Å². The van der Waals surface area contributed by atoms with Crippen LogP contribution in [0.5, 0.6) is 0 Å². The molecule has 2 aromatic heterocycles. The molecule has 37 heavy (non-hydrogen) atoms. The van der Waals surface area contributed by atoms with Crippen molar-refractivity contribution < 1.29 is 9.59 Å². The van der Waals surface area contributed by atoms with E-state index in [-0.39, 0.29) is 0 Å². The Morgan fingerprint density at radius 3 is 2.08 bits per heavy atom. The van der Waals surface area contributed by atoms with Crippen LogP contribution in [0.3, 0.4) is 0 Å². The molecule has 0 spiro atoms. The Hall–Kier alpha value is -3.60. The van der Waals surface area contributed by atoms with Crippen molar-refractivity contribution in [2.75, 3.05) is 0 Å². The number of thiophene rings is 2. The van der Waals surface area contributed by atoms with E-state index in [1.165, 1.54) is 53.4 Å². The second-order valence-corrected chi connectivity index (χ2v) is 12.0. The molecule has 0 bridgehead atoms. The zero-order valence-corrected chi connectivity index (χ0v) is 22.5. The molecule has 0 saturated heterocycles. The number of rotatable bonds is 6. The minimum atomic E-state index is -0.473. The Morgan fingerprint density at radius 1 is 0.676 bits per heavy atom. The standard InChI is InChI=1S/C33H26O2S2/c1-20-28(25-12-8-13-26(25)31-21(2)37-29-14-7-6-11-27(29)31)19-30(36-20)22-15-17-24(18-16-22)33(35)32(34)23-9-4-3-5-10-23/h3-7,9-11,14-19H,8,12-13H2,1-2H3. The monoisotopic (exact) mass is 518 g/mol. The number of benzene rings is 3. The molecule has 3 aromatic carbocycles. The predicted molar refractivity (Wildman–Crippen MR) is 157 cm³/mol. The molecule has 0 aliphatic heterocycles. The summed E-state index contributed by atoms with van der Waals surface area (Å²) in [7, 11) is 0. The highest BCUT2D eigenvalue weighted by Gasteiger charge is 2.24. The Kier molecular flexibility index (Phi) is 6.23. The molecule has 0 fully saturated rings. The third-order valence-corrected chi connectivity index (χ3v) is 9.39. The SMILES string of the molecule is Cc1sc(-c2ccc(C(=O)C(=O)c3ccccc3)cc2)cc1C1=C(c2c(C)sc3ccccc23)CCC1. The molecule has 1 aliphatic rings. The first-order valence-corrected chi connectivity index (χ1v) is 14.2. The van der Waals surface area contributed by atoms with Crippen LogP contribution in [0.1, 0.15) is 60.9 Å². The zero-order chi connectivity index (χ0) is 25.5. The molecular weight excluding hydrogens is 492 g/mol. The summed E-state index contributed by atoms with van der Waals surface area (Å²) < 4.78 is 1.36. The highest BCUT2D eigenvalue weighted by atomic mass is 32.1. The van der Waals surface area contributed by atoms with Gasteiger partial charge in [-0.2, -0.15) is 0 Å². The van der Waals surface area contributed by atoms with Crippen LogP contribution >= 0.6 is 22.7 Å². The van der Waals surface area contributed by atoms with Crippen LogP contribution < -0.4 is 0 Å². The van der Waals surface area contributed by atoms with Crippen molar-refractivity contribution in [3.05, 3.63) is 117 Å². The Morgan fingerprint density at radius 2 is 1.32 bits per heavy atom. The van der Waals surface area contributed by atoms with Gasteiger partial charge < -0.3 is 0 Å². The average Bonchev–Trinajstić information content (AvgIpc) is 3.64. The van der Waals surface area contributed by atoms with Crippen molar-refractivity contribution in [1.82, 2.24) is 0 Å². The van der Waals surface area contributed by atoms with Crippen molar-refractivity contribution >= 4 is 55.5 Å². The number of fused-ring (bicyclic) bond motifs is 1. The van der Waals surface area contributed by atoms with E-state index in [2.05, 4.69) is 44.2 Å². The lowest BCUT2D eigenvalue weighted by Gasteiger charge is -2.09. The third kappa shape index (κ3) is 4.30. The van der Waals surface area contributed by atoms with Gasteiger partial charge in [0.1, 0.15) is 0 Å². The maximum atomic E-state index is 12.7. The highest BCUT2D eigenvalue weighted by molar-refractivity contribution is 7.19. The van der Waals surface area contributed by atoms with Gasteiger partial charge in [-0.15, -0.1) is 22.7 Å². The smallest absolute Gasteiger partial charge is 0.233 e. The van der Waals surface area contributed by atoms with E-state index in [1.807, 2.05) is 29.5 Å². The largest absolute Gasteiger partial charge is 0.285 e. The molecule has 5 aromatic rings. The number of hydrogen-bond acceptors (Lipinski definition) is 4. The molecule has 0 unspecified atom stereocenters. The van der Waals surface area contributed by atoms with Crippen molar-refractivity contribution in [1.29, 1.82) is 0 Å². The topological polar surface area (TPSA) is 34.1 Å². The molecule has 0 saturated carbocycles. The average molecular weight is 519 g/mol. The predicted octanol–water partition coefficient (Wildman–Crippen LogP) is 9.41. The molecule has 6 rings (SSSR count). The Labute approximate surface area is 224 Å². The van der Waals surface area contributed by atoms with Gasteiger partial charge in [0.25, 0.3) is 0 Å². The van der Waals surface area contributed by atoms with E-state index in [9.17, 15) is 9.59 Å². The second-order valence-electron chi connectivity index (χ2n) is 9.52. The van der Waals surface area contributed by atoms with Crippen LogP contribution in [0.2, 0.25) is 0 Å². The van der Waals surface area contributed by atoms with Gasteiger partial charge in [-0.05, 0) is 73.1 Å². The number of Topliss-reactive ketones (excluding diaryl/α,β-unsaturated/α-hetero) is 2. The minimum absolute atomic E-state index is 0.421.